The highest BCUT2D eigenvalue weighted by atomic mass is 35.5. The summed E-state index contributed by atoms with van der Waals surface area (Å²) in [4.78, 5) is 30.8. The van der Waals surface area contributed by atoms with E-state index >= 15 is 0 Å². The van der Waals surface area contributed by atoms with Crippen molar-refractivity contribution in [1.82, 2.24) is 20.1 Å². The van der Waals surface area contributed by atoms with E-state index in [4.69, 9.17) is 21.1 Å². The molecule has 3 aromatic rings. The van der Waals surface area contributed by atoms with Gasteiger partial charge >= 0.3 is 0 Å². The van der Waals surface area contributed by atoms with Crippen molar-refractivity contribution in [2.75, 3.05) is 30.0 Å². The highest BCUT2D eigenvalue weighted by Crippen LogP contribution is 2.28. The van der Waals surface area contributed by atoms with Crippen LogP contribution < -0.4 is 15.4 Å². The number of benzene rings is 1. The lowest BCUT2D eigenvalue weighted by Gasteiger charge is -2.27. The Labute approximate surface area is 215 Å². The summed E-state index contributed by atoms with van der Waals surface area (Å²) in [6.45, 7) is 2.54. The van der Waals surface area contributed by atoms with Gasteiger partial charge in [0.25, 0.3) is 11.8 Å². The first kappa shape index (κ1) is 24.1. The molecule has 2 aromatic heterocycles. The standard InChI is InChI=1S/C24H21ClN6O4S/c1-13-5-14(8-26)6-17(23(32)28-15-9-34-10-15)21(13)29-24(33)19-7-20(35-16-11-36-12-16)30-31(19)22-18(25)3-2-4-27-22/h2-7,15-16H,9-12H2,1H3,(H,28,32)(H,29,33). The normalized spacial score (nSPS) is 15.4. The lowest BCUT2D eigenvalue weighted by Crippen LogP contribution is -2.48. The molecule has 12 heteroatoms. The average Bonchev–Trinajstić information content (AvgIpc) is 3.24. The Morgan fingerprint density at radius 1 is 1.28 bits per heavy atom. The monoisotopic (exact) mass is 524 g/mol. The maximum atomic E-state index is 13.6. The van der Waals surface area contributed by atoms with E-state index in [1.54, 1.807) is 43.1 Å². The van der Waals surface area contributed by atoms with Crippen molar-refractivity contribution >= 4 is 40.9 Å². The van der Waals surface area contributed by atoms with Crippen molar-refractivity contribution in [3.8, 4) is 17.8 Å². The molecule has 10 nitrogen and oxygen atoms in total. The van der Waals surface area contributed by atoms with Crippen LogP contribution >= 0.6 is 23.4 Å². The minimum Gasteiger partial charge on any atom is -0.472 e. The lowest BCUT2D eigenvalue weighted by molar-refractivity contribution is -0.00344. The molecule has 184 valence electrons. The van der Waals surface area contributed by atoms with Gasteiger partial charge in [0.15, 0.2) is 5.82 Å². The van der Waals surface area contributed by atoms with Crippen LogP contribution in [0, 0.1) is 18.3 Å². The molecule has 2 amide bonds. The molecule has 0 bridgehead atoms. The number of thioether (sulfide) groups is 1. The van der Waals surface area contributed by atoms with Crippen molar-refractivity contribution in [3.05, 3.63) is 63.9 Å². The molecule has 4 heterocycles. The van der Waals surface area contributed by atoms with E-state index in [0.717, 1.165) is 11.5 Å². The number of carbonyl (C=O) groups excluding carboxylic acids is 2. The quantitative estimate of drug-likeness (QED) is 0.482. The number of nitriles is 1. The Bertz CT molecular complexity index is 1380. The second-order valence-electron chi connectivity index (χ2n) is 8.36. The largest absolute Gasteiger partial charge is 0.472 e. The molecule has 0 unspecified atom stereocenters. The molecule has 0 saturated carbocycles. The Morgan fingerprint density at radius 2 is 2.08 bits per heavy atom. The van der Waals surface area contributed by atoms with Gasteiger partial charge in [-0.15, -0.1) is 5.10 Å². The summed E-state index contributed by atoms with van der Waals surface area (Å²) in [7, 11) is 0. The summed E-state index contributed by atoms with van der Waals surface area (Å²) in [5.41, 5.74) is 1.45. The van der Waals surface area contributed by atoms with Gasteiger partial charge in [0, 0.05) is 23.8 Å². The highest BCUT2D eigenvalue weighted by molar-refractivity contribution is 8.00. The van der Waals surface area contributed by atoms with Crippen LogP contribution in [0.1, 0.15) is 32.0 Å². The summed E-state index contributed by atoms with van der Waals surface area (Å²) in [5, 5.41) is 19.8. The molecule has 0 atom stereocenters. The molecule has 1 aromatic carbocycles. The maximum Gasteiger partial charge on any atom is 0.274 e. The van der Waals surface area contributed by atoms with Crippen LogP contribution in [0.4, 0.5) is 5.69 Å². The van der Waals surface area contributed by atoms with Gasteiger partial charge in [0.2, 0.25) is 5.88 Å². The molecule has 2 N–H and O–H groups in total. The van der Waals surface area contributed by atoms with Gasteiger partial charge in [-0.2, -0.15) is 17.0 Å². The van der Waals surface area contributed by atoms with E-state index < -0.39 is 11.8 Å². The molecular weight excluding hydrogens is 504 g/mol. The molecule has 0 spiro atoms. The summed E-state index contributed by atoms with van der Waals surface area (Å²) in [5.74, 6) is 1.26. The molecule has 5 rings (SSSR count). The van der Waals surface area contributed by atoms with Crippen LogP contribution in [0.2, 0.25) is 5.02 Å². The number of amides is 2. The average molecular weight is 525 g/mol. The van der Waals surface area contributed by atoms with Crippen LogP contribution in [-0.2, 0) is 4.74 Å². The second kappa shape index (κ2) is 10.2. The van der Waals surface area contributed by atoms with Crippen LogP contribution in [0.5, 0.6) is 5.88 Å². The third-order valence-corrected chi connectivity index (χ3v) is 7.19. The minimum absolute atomic E-state index is 0.0139. The number of carbonyl (C=O) groups is 2. The number of rotatable bonds is 7. The highest BCUT2D eigenvalue weighted by Gasteiger charge is 2.27. The second-order valence-corrected chi connectivity index (χ2v) is 9.84. The number of hydrogen-bond donors (Lipinski definition) is 2. The number of nitrogens with zero attached hydrogens (tertiary/aromatic N) is 4. The molecule has 0 aliphatic carbocycles. The van der Waals surface area contributed by atoms with E-state index in [9.17, 15) is 14.9 Å². The third-order valence-electron chi connectivity index (χ3n) is 5.68. The SMILES string of the molecule is Cc1cc(C#N)cc(C(=O)NC2COC2)c1NC(=O)c1cc(OC2CSC2)nn1-c1ncccc1Cl. The molecule has 2 fully saturated rings. The summed E-state index contributed by atoms with van der Waals surface area (Å²) in [6.07, 6.45) is 1.56. The van der Waals surface area contributed by atoms with Gasteiger partial charge in [-0.25, -0.2) is 9.67 Å². The molecular formula is C24H21ClN6O4S. The third kappa shape index (κ3) is 4.88. The van der Waals surface area contributed by atoms with Crippen LogP contribution in [0.25, 0.3) is 5.82 Å². The van der Waals surface area contributed by atoms with E-state index in [1.807, 2.05) is 0 Å². The smallest absolute Gasteiger partial charge is 0.274 e. The number of nitrogens with one attached hydrogen (secondary N) is 2. The summed E-state index contributed by atoms with van der Waals surface area (Å²) < 4.78 is 12.3. The number of aryl methyl sites for hydroxylation is 1. The topological polar surface area (TPSA) is 131 Å². The first-order valence-electron chi connectivity index (χ1n) is 11.1. The van der Waals surface area contributed by atoms with Crippen molar-refractivity contribution < 1.29 is 19.1 Å². The first-order chi connectivity index (χ1) is 17.4. The molecule has 36 heavy (non-hydrogen) atoms. The Hall–Kier alpha value is -3.59. The molecule has 2 aliphatic heterocycles. The number of aromatic nitrogens is 3. The van der Waals surface area contributed by atoms with Crippen LogP contribution in [-0.4, -0.2) is 63.4 Å². The molecule has 0 radical (unpaired) electrons. The van der Waals surface area contributed by atoms with Crippen molar-refractivity contribution in [3.63, 3.8) is 0 Å². The van der Waals surface area contributed by atoms with Gasteiger partial charge in [-0.3, -0.25) is 9.59 Å². The number of pyridine rings is 1. The molecule has 2 aliphatic rings. The summed E-state index contributed by atoms with van der Waals surface area (Å²) in [6, 6.07) is 9.83. The van der Waals surface area contributed by atoms with E-state index in [0.29, 0.717) is 29.4 Å². The van der Waals surface area contributed by atoms with Crippen molar-refractivity contribution in [2.24, 2.45) is 0 Å². The zero-order valence-corrected chi connectivity index (χ0v) is 20.7. The van der Waals surface area contributed by atoms with Crippen molar-refractivity contribution in [2.45, 2.75) is 19.1 Å². The Morgan fingerprint density at radius 3 is 2.72 bits per heavy atom. The fourth-order valence-corrected chi connectivity index (χ4v) is 4.45. The number of halogens is 1. The van der Waals surface area contributed by atoms with Crippen LogP contribution in [0.3, 0.4) is 0 Å². The fraction of sp³-hybridized carbons (Fsp3) is 0.292. The predicted octanol–water partition coefficient (Wildman–Crippen LogP) is 2.98. The van der Waals surface area contributed by atoms with Gasteiger partial charge in [-0.05, 0) is 36.8 Å². The Kier molecular flexibility index (Phi) is 6.82. The molecule has 2 saturated heterocycles. The zero-order valence-electron chi connectivity index (χ0n) is 19.2. The fourth-order valence-electron chi connectivity index (χ4n) is 3.68. The minimum atomic E-state index is -0.545. The lowest BCUT2D eigenvalue weighted by atomic mass is 10.0. The number of ether oxygens (including phenoxy) is 2. The van der Waals surface area contributed by atoms with E-state index in [1.165, 1.54) is 16.8 Å². The zero-order chi connectivity index (χ0) is 25.2. The number of hydrogen-bond acceptors (Lipinski definition) is 8. The number of anilines is 1. The van der Waals surface area contributed by atoms with E-state index in [2.05, 4.69) is 26.8 Å². The Balaban J connectivity index is 1.50. The van der Waals surface area contributed by atoms with Crippen molar-refractivity contribution in [1.29, 1.82) is 5.26 Å². The van der Waals surface area contributed by atoms with Gasteiger partial charge < -0.3 is 20.1 Å². The predicted molar refractivity (Wildman–Crippen MR) is 134 cm³/mol. The van der Waals surface area contributed by atoms with Gasteiger partial charge in [0.1, 0.15) is 11.8 Å². The first-order valence-corrected chi connectivity index (χ1v) is 12.7. The maximum absolute atomic E-state index is 13.6. The van der Waals surface area contributed by atoms with Crippen LogP contribution in [0.15, 0.2) is 36.5 Å². The van der Waals surface area contributed by atoms with Gasteiger partial charge in [-0.1, -0.05) is 11.6 Å². The summed E-state index contributed by atoms with van der Waals surface area (Å²) >= 11 is 8.11. The van der Waals surface area contributed by atoms with E-state index in [-0.39, 0.29) is 40.8 Å². The van der Waals surface area contributed by atoms with Gasteiger partial charge in [0.05, 0.1) is 47.2 Å².